The number of aromatic nitrogens is 1. The predicted molar refractivity (Wildman–Crippen MR) is 153 cm³/mol. The summed E-state index contributed by atoms with van der Waals surface area (Å²) < 4.78 is 79.8. The van der Waals surface area contributed by atoms with Crippen molar-refractivity contribution in [1.29, 1.82) is 0 Å². The average Bonchev–Trinajstić information content (AvgIpc) is 2.94. The Morgan fingerprint density at radius 3 is 2.52 bits per heavy atom. The van der Waals surface area contributed by atoms with Gasteiger partial charge in [0.25, 0.3) is 10.1 Å². The Balaban J connectivity index is 1.51. The number of halogens is 2. The van der Waals surface area contributed by atoms with Crippen molar-refractivity contribution in [3.05, 3.63) is 56.4 Å². The average molecular weight is 661 g/mol. The molecular weight excluding hydrogens is 637 g/mol. The monoisotopic (exact) mass is 659 g/mol. The van der Waals surface area contributed by atoms with E-state index in [9.17, 15) is 16.8 Å². The molecule has 0 radical (unpaired) electrons. The normalized spacial score (nSPS) is 13.6. The lowest BCUT2D eigenvalue weighted by Crippen LogP contribution is -2.13. The highest BCUT2D eigenvalue weighted by atomic mass is 35.5. The highest BCUT2D eigenvalue weighted by Gasteiger charge is 2.30. The minimum atomic E-state index is -4.28. The van der Waals surface area contributed by atoms with Crippen LogP contribution in [0, 0.1) is 13.8 Å². The van der Waals surface area contributed by atoms with Gasteiger partial charge >= 0.3 is 10.4 Å². The lowest BCUT2D eigenvalue weighted by Gasteiger charge is -2.26. The molecular formula is C25H23Cl2N3O10S2. The van der Waals surface area contributed by atoms with Gasteiger partial charge in [0, 0.05) is 5.56 Å². The van der Waals surface area contributed by atoms with E-state index in [1.807, 2.05) is 13.0 Å². The standard InChI is InChI=1S/C25H23Cl2N3O10S2/c1-12-14(8-9-38-42(34,35)36-3)4-5-16-22(12)39-24-18(26)21-25(19(27)20(24)29-16)40-23-13(2)15(6-7-17(23)30-21)28-10-37-11-41(31,32)33/h4-7,29H,8-11H2,1-3H3,(H,31,32,33). The molecule has 0 spiro atoms. The summed E-state index contributed by atoms with van der Waals surface area (Å²) in [7, 11) is -7.32. The third kappa shape index (κ3) is 6.05. The number of fused-ring (bicyclic) bond motifs is 4. The second-order valence-electron chi connectivity index (χ2n) is 9.07. The molecule has 224 valence electrons. The van der Waals surface area contributed by atoms with Crippen LogP contribution >= 0.6 is 23.2 Å². The van der Waals surface area contributed by atoms with E-state index in [0.717, 1.165) is 18.2 Å². The second kappa shape index (κ2) is 11.6. The Labute approximate surface area is 250 Å². The van der Waals surface area contributed by atoms with E-state index in [2.05, 4.69) is 19.5 Å². The van der Waals surface area contributed by atoms with Crippen molar-refractivity contribution in [3.8, 4) is 23.0 Å². The van der Waals surface area contributed by atoms with Gasteiger partial charge in [-0.25, -0.2) is 9.17 Å². The summed E-state index contributed by atoms with van der Waals surface area (Å²) in [6.45, 7) is 3.13. The number of nitrogens with one attached hydrogen (secondary N) is 1. The van der Waals surface area contributed by atoms with Crippen molar-refractivity contribution in [1.82, 2.24) is 4.98 Å². The zero-order valence-corrected chi connectivity index (χ0v) is 25.4. The summed E-state index contributed by atoms with van der Waals surface area (Å²) in [6, 6.07) is 6.87. The van der Waals surface area contributed by atoms with Crippen LogP contribution in [0.15, 0.2) is 33.7 Å². The molecule has 2 aliphatic heterocycles. The molecule has 5 rings (SSSR count). The predicted octanol–water partition coefficient (Wildman–Crippen LogP) is 4.88. The summed E-state index contributed by atoms with van der Waals surface area (Å²) in [6.07, 6.45) is 0.275. The van der Waals surface area contributed by atoms with Gasteiger partial charge in [0.05, 0.1) is 24.8 Å². The van der Waals surface area contributed by atoms with Crippen LogP contribution < -0.4 is 15.4 Å². The van der Waals surface area contributed by atoms with E-state index in [4.69, 9.17) is 45.8 Å². The van der Waals surface area contributed by atoms with Gasteiger partial charge in [0.15, 0.2) is 28.8 Å². The third-order valence-corrected chi connectivity index (χ3v) is 8.44. The Kier molecular flexibility index (Phi) is 8.39. The van der Waals surface area contributed by atoms with Crippen LogP contribution in [0.5, 0.6) is 11.5 Å². The van der Waals surface area contributed by atoms with E-state index in [1.165, 1.54) is 0 Å². The molecule has 0 amide bonds. The van der Waals surface area contributed by atoms with Gasteiger partial charge < -0.3 is 19.2 Å². The smallest absolute Gasteiger partial charge is 0.399 e. The summed E-state index contributed by atoms with van der Waals surface area (Å²) in [5.74, 6) is 0.196. The van der Waals surface area contributed by atoms with E-state index >= 15 is 0 Å². The molecule has 13 nitrogen and oxygen atoms in total. The molecule has 17 heteroatoms. The van der Waals surface area contributed by atoms with Crippen molar-refractivity contribution < 1.29 is 43.6 Å². The van der Waals surface area contributed by atoms with Crippen molar-refractivity contribution in [2.24, 2.45) is 4.99 Å². The van der Waals surface area contributed by atoms with Crippen molar-refractivity contribution in [2.75, 3.05) is 31.7 Å². The number of hydrogen-bond donors (Lipinski definition) is 2. The van der Waals surface area contributed by atoms with Gasteiger partial charge in [-0.15, -0.1) is 0 Å². The molecule has 0 fully saturated rings. The van der Waals surface area contributed by atoms with Crippen LogP contribution in [0.4, 0.5) is 11.4 Å². The van der Waals surface area contributed by atoms with Crippen molar-refractivity contribution in [2.45, 2.75) is 20.3 Å². The zero-order chi connectivity index (χ0) is 30.4. The Hall–Kier alpha value is -3.02. The quantitative estimate of drug-likeness (QED) is 0.125. The second-order valence-corrected chi connectivity index (χ2v) is 12.6. The van der Waals surface area contributed by atoms with Gasteiger partial charge in [-0.1, -0.05) is 29.3 Å². The largest absolute Gasteiger partial charge is 0.451 e. The molecule has 2 aromatic carbocycles. The first-order valence-electron chi connectivity index (χ1n) is 12.1. The number of benzene rings is 3. The molecule has 2 heterocycles. The fourth-order valence-electron chi connectivity index (χ4n) is 4.34. The maximum absolute atomic E-state index is 11.5. The maximum atomic E-state index is 11.5. The fourth-order valence-corrected chi connectivity index (χ4v) is 5.53. The first kappa shape index (κ1) is 30.4. The van der Waals surface area contributed by atoms with Crippen LogP contribution in [0.2, 0.25) is 10.0 Å². The Morgan fingerprint density at radius 2 is 1.81 bits per heavy atom. The van der Waals surface area contributed by atoms with Crippen molar-refractivity contribution >= 4 is 66.2 Å². The lowest BCUT2D eigenvalue weighted by molar-refractivity contribution is 0.177. The molecule has 3 aliphatic rings. The molecule has 0 aromatic heterocycles. The van der Waals surface area contributed by atoms with Crippen LogP contribution in [-0.2, 0) is 40.0 Å². The summed E-state index contributed by atoms with van der Waals surface area (Å²) >= 11 is 13.6. The molecule has 2 N–H and O–H groups in total. The topological polar surface area (TPSA) is 176 Å². The number of ether oxygens (including phenoxy) is 2. The molecule has 0 saturated carbocycles. The SMILES string of the molecule is COS(=O)(=O)OCCc1ccc2c(c1C)Oc1c(c(Cl)c3oc4c(C)c(=NCOCS(=O)(=O)O)ccc-4nc3c1Cl)N2. The van der Waals surface area contributed by atoms with Gasteiger partial charge in [-0.05, 0) is 49.6 Å². The van der Waals surface area contributed by atoms with Crippen LogP contribution in [-0.4, -0.2) is 52.8 Å². The highest BCUT2D eigenvalue weighted by molar-refractivity contribution is 7.85. The fraction of sp³-hybridized carbons (Fsp3) is 0.280. The molecule has 0 bridgehead atoms. The highest BCUT2D eigenvalue weighted by Crippen LogP contribution is 2.53. The van der Waals surface area contributed by atoms with Gasteiger partial charge in [0.2, 0.25) is 0 Å². The van der Waals surface area contributed by atoms with Gasteiger partial charge in [-0.3, -0.25) is 13.7 Å². The lowest BCUT2D eigenvalue weighted by atomic mass is 10.0. The minimum Gasteiger partial charge on any atom is -0.451 e. The molecule has 1 aliphatic carbocycles. The van der Waals surface area contributed by atoms with E-state index in [0.29, 0.717) is 39.5 Å². The third-order valence-electron chi connectivity index (χ3n) is 6.40. The van der Waals surface area contributed by atoms with Gasteiger partial charge in [-0.2, -0.15) is 16.8 Å². The van der Waals surface area contributed by atoms with E-state index in [1.54, 1.807) is 25.1 Å². The van der Waals surface area contributed by atoms with Crippen molar-refractivity contribution in [3.63, 3.8) is 0 Å². The number of anilines is 2. The Bertz CT molecular complexity index is 1980. The van der Waals surface area contributed by atoms with E-state index < -0.39 is 26.5 Å². The maximum Gasteiger partial charge on any atom is 0.399 e. The number of nitrogens with zero attached hydrogens (tertiary/aromatic N) is 2. The minimum absolute atomic E-state index is 0.123. The van der Waals surface area contributed by atoms with E-state index in [-0.39, 0.29) is 46.7 Å². The number of rotatable bonds is 9. The number of hydrogen-bond acceptors (Lipinski definition) is 12. The van der Waals surface area contributed by atoms with Crippen LogP contribution in [0.3, 0.4) is 0 Å². The van der Waals surface area contributed by atoms with Crippen LogP contribution in [0.25, 0.3) is 22.6 Å². The summed E-state index contributed by atoms with van der Waals surface area (Å²) in [4.78, 5) is 8.86. The van der Waals surface area contributed by atoms with Crippen LogP contribution in [0.1, 0.15) is 16.7 Å². The molecule has 0 unspecified atom stereocenters. The zero-order valence-electron chi connectivity index (χ0n) is 22.2. The molecule has 0 atom stereocenters. The molecule has 42 heavy (non-hydrogen) atoms. The first-order chi connectivity index (χ1) is 19.8. The van der Waals surface area contributed by atoms with Gasteiger partial charge in [0.1, 0.15) is 33.7 Å². The molecule has 0 saturated heterocycles. The molecule has 2 aromatic rings. The Morgan fingerprint density at radius 1 is 1.05 bits per heavy atom. The summed E-state index contributed by atoms with van der Waals surface area (Å²) in [5.41, 5.74) is 3.97. The first-order valence-corrected chi connectivity index (χ1v) is 15.8. The summed E-state index contributed by atoms with van der Waals surface area (Å²) in [5, 5.41) is 4.01.